The summed E-state index contributed by atoms with van der Waals surface area (Å²) in [7, 11) is 0. The fourth-order valence-electron chi connectivity index (χ4n) is 1.41. The largest absolute Gasteiger partial charge is 0.310 e. The quantitative estimate of drug-likeness (QED) is 0.729. The Morgan fingerprint density at radius 3 is 3.00 bits per heavy atom. The topological polar surface area (TPSA) is 29.9 Å². The highest BCUT2D eigenvalue weighted by atomic mass is 32.2. The second-order valence-electron chi connectivity index (χ2n) is 3.26. The van der Waals surface area contributed by atoms with E-state index >= 15 is 0 Å². The van der Waals surface area contributed by atoms with Crippen LogP contribution >= 0.6 is 11.8 Å². The van der Waals surface area contributed by atoms with Crippen molar-refractivity contribution >= 4 is 11.8 Å². The van der Waals surface area contributed by atoms with Gasteiger partial charge in [0, 0.05) is 25.4 Å². The lowest BCUT2D eigenvalue weighted by Crippen LogP contribution is -2.19. The van der Waals surface area contributed by atoms with Crippen LogP contribution in [0.1, 0.15) is 18.3 Å². The van der Waals surface area contributed by atoms with Gasteiger partial charge in [0.1, 0.15) is 0 Å². The van der Waals surface area contributed by atoms with Gasteiger partial charge in [-0.15, -0.1) is 0 Å². The van der Waals surface area contributed by atoms with Crippen molar-refractivity contribution in [2.75, 3.05) is 18.6 Å². The Kier molecular flexibility index (Phi) is 5.04. The van der Waals surface area contributed by atoms with Gasteiger partial charge in [-0.25, -0.2) is 0 Å². The number of aromatic nitrogens is 2. The lowest BCUT2D eigenvalue weighted by Gasteiger charge is -2.05. The predicted molar refractivity (Wildman–Crippen MR) is 62.7 cm³/mol. The van der Waals surface area contributed by atoms with Crippen molar-refractivity contribution in [3.63, 3.8) is 0 Å². The molecule has 14 heavy (non-hydrogen) atoms. The zero-order valence-corrected chi connectivity index (χ0v) is 10.0. The van der Waals surface area contributed by atoms with Crippen LogP contribution in [0.4, 0.5) is 0 Å². The highest BCUT2D eigenvalue weighted by Crippen LogP contribution is 2.03. The first-order chi connectivity index (χ1) is 6.77. The molecule has 1 aromatic rings. The first-order valence-corrected chi connectivity index (χ1v) is 6.40. The Balaban J connectivity index is 2.41. The molecule has 0 saturated heterocycles. The van der Waals surface area contributed by atoms with Crippen molar-refractivity contribution in [1.82, 2.24) is 15.1 Å². The lowest BCUT2D eigenvalue weighted by atomic mass is 10.3. The van der Waals surface area contributed by atoms with Crippen molar-refractivity contribution in [2.24, 2.45) is 0 Å². The number of hydrogen-bond acceptors (Lipinski definition) is 3. The average molecular weight is 213 g/mol. The number of nitrogens with zero attached hydrogens (tertiary/aromatic N) is 2. The minimum atomic E-state index is 0.926. The molecule has 0 aromatic carbocycles. The van der Waals surface area contributed by atoms with Gasteiger partial charge >= 0.3 is 0 Å². The second-order valence-corrected chi connectivity index (χ2v) is 4.25. The third-order valence-corrected chi connectivity index (χ3v) is 2.69. The average Bonchev–Trinajstić information content (AvgIpc) is 2.54. The number of thioether (sulfide) groups is 1. The maximum Gasteiger partial charge on any atom is 0.0597 e. The molecule has 4 heteroatoms. The van der Waals surface area contributed by atoms with Crippen molar-refractivity contribution in [2.45, 2.75) is 26.9 Å². The third-order valence-electron chi connectivity index (χ3n) is 2.07. The minimum Gasteiger partial charge on any atom is -0.310 e. The molecule has 1 rings (SSSR count). The van der Waals surface area contributed by atoms with Crippen LogP contribution in [0, 0.1) is 6.92 Å². The Hall–Kier alpha value is -0.480. The van der Waals surface area contributed by atoms with Crippen LogP contribution < -0.4 is 5.32 Å². The van der Waals surface area contributed by atoms with Gasteiger partial charge < -0.3 is 5.32 Å². The standard InChI is InChI=1S/C10H19N3S/c1-4-13-10(7-9(2)12-13)8-11-5-6-14-3/h7,11H,4-6,8H2,1-3H3. The molecule has 0 saturated carbocycles. The molecule has 0 radical (unpaired) electrons. The molecule has 0 aliphatic rings. The van der Waals surface area contributed by atoms with E-state index in [0.29, 0.717) is 0 Å². The summed E-state index contributed by atoms with van der Waals surface area (Å²) in [6.07, 6.45) is 2.13. The van der Waals surface area contributed by atoms with Gasteiger partial charge in [0.2, 0.25) is 0 Å². The number of nitrogens with one attached hydrogen (secondary N) is 1. The maximum atomic E-state index is 4.40. The Morgan fingerprint density at radius 1 is 1.57 bits per heavy atom. The van der Waals surface area contributed by atoms with Gasteiger partial charge in [-0.2, -0.15) is 16.9 Å². The van der Waals surface area contributed by atoms with E-state index < -0.39 is 0 Å². The summed E-state index contributed by atoms with van der Waals surface area (Å²) in [6, 6.07) is 2.15. The monoisotopic (exact) mass is 213 g/mol. The molecular formula is C10H19N3S. The zero-order valence-electron chi connectivity index (χ0n) is 9.21. The molecule has 0 aliphatic heterocycles. The normalized spacial score (nSPS) is 10.8. The van der Waals surface area contributed by atoms with Crippen LogP contribution in [0.25, 0.3) is 0 Å². The van der Waals surface area contributed by atoms with Gasteiger partial charge in [0.25, 0.3) is 0 Å². The highest BCUT2D eigenvalue weighted by molar-refractivity contribution is 7.98. The number of hydrogen-bond donors (Lipinski definition) is 1. The SMILES string of the molecule is CCn1nc(C)cc1CNCCSC. The van der Waals surface area contributed by atoms with Gasteiger partial charge in [-0.1, -0.05) is 0 Å². The lowest BCUT2D eigenvalue weighted by molar-refractivity contribution is 0.588. The summed E-state index contributed by atoms with van der Waals surface area (Å²) < 4.78 is 2.06. The molecular weight excluding hydrogens is 194 g/mol. The Bertz CT molecular complexity index is 270. The fourth-order valence-corrected chi connectivity index (χ4v) is 1.75. The van der Waals surface area contributed by atoms with Gasteiger partial charge in [-0.3, -0.25) is 4.68 Å². The van der Waals surface area contributed by atoms with E-state index in [0.717, 1.165) is 25.3 Å². The Morgan fingerprint density at radius 2 is 2.36 bits per heavy atom. The van der Waals surface area contributed by atoms with Gasteiger partial charge in [0.05, 0.1) is 11.4 Å². The van der Waals surface area contributed by atoms with Crippen LogP contribution in [0.2, 0.25) is 0 Å². The van der Waals surface area contributed by atoms with Crippen LogP contribution in [-0.4, -0.2) is 28.3 Å². The molecule has 1 N–H and O–H groups in total. The van der Waals surface area contributed by atoms with E-state index in [1.165, 1.54) is 11.4 Å². The summed E-state index contributed by atoms with van der Waals surface area (Å²) >= 11 is 1.87. The Labute approximate surface area is 90.3 Å². The van der Waals surface area contributed by atoms with E-state index in [-0.39, 0.29) is 0 Å². The van der Waals surface area contributed by atoms with E-state index in [1.54, 1.807) is 0 Å². The molecule has 0 aliphatic carbocycles. The molecule has 0 spiro atoms. The molecule has 0 atom stereocenters. The van der Waals surface area contributed by atoms with Crippen LogP contribution in [0.5, 0.6) is 0 Å². The van der Waals surface area contributed by atoms with E-state index in [9.17, 15) is 0 Å². The van der Waals surface area contributed by atoms with Crippen molar-refractivity contribution in [3.05, 3.63) is 17.5 Å². The van der Waals surface area contributed by atoms with Crippen LogP contribution in [0.15, 0.2) is 6.07 Å². The minimum absolute atomic E-state index is 0.926. The zero-order chi connectivity index (χ0) is 10.4. The van der Waals surface area contributed by atoms with Crippen LogP contribution in [0.3, 0.4) is 0 Å². The molecule has 1 aromatic heterocycles. The first-order valence-electron chi connectivity index (χ1n) is 5.01. The summed E-state index contributed by atoms with van der Waals surface area (Å²) in [5.74, 6) is 1.17. The maximum absolute atomic E-state index is 4.40. The summed E-state index contributed by atoms with van der Waals surface area (Å²) in [6.45, 7) is 7.10. The van der Waals surface area contributed by atoms with Gasteiger partial charge in [0.15, 0.2) is 0 Å². The van der Waals surface area contributed by atoms with Crippen molar-refractivity contribution in [1.29, 1.82) is 0 Å². The van der Waals surface area contributed by atoms with E-state index in [2.05, 4.69) is 34.3 Å². The first kappa shape index (κ1) is 11.6. The van der Waals surface area contributed by atoms with Crippen molar-refractivity contribution in [3.8, 4) is 0 Å². The fraction of sp³-hybridized carbons (Fsp3) is 0.700. The summed E-state index contributed by atoms with van der Waals surface area (Å²) in [5, 5.41) is 7.81. The molecule has 0 amide bonds. The number of rotatable bonds is 6. The molecule has 1 heterocycles. The summed E-state index contributed by atoms with van der Waals surface area (Å²) in [5.41, 5.74) is 2.39. The molecule has 3 nitrogen and oxygen atoms in total. The summed E-state index contributed by atoms with van der Waals surface area (Å²) in [4.78, 5) is 0. The molecule has 0 unspecified atom stereocenters. The molecule has 80 valence electrons. The molecule has 0 fully saturated rings. The van der Waals surface area contributed by atoms with Crippen molar-refractivity contribution < 1.29 is 0 Å². The highest BCUT2D eigenvalue weighted by Gasteiger charge is 2.02. The molecule has 0 bridgehead atoms. The predicted octanol–water partition coefficient (Wildman–Crippen LogP) is 1.66. The third kappa shape index (κ3) is 3.35. The van der Waals surface area contributed by atoms with E-state index in [4.69, 9.17) is 0 Å². The number of aryl methyl sites for hydroxylation is 2. The second kappa shape index (κ2) is 6.09. The van der Waals surface area contributed by atoms with E-state index in [1.807, 2.05) is 18.7 Å². The smallest absolute Gasteiger partial charge is 0.0597 e. The van der Waals surface area contributed by atoms with Crippen LogP contribution in [-0.2, 0) is 13.1 Å². The van der Waals surface area contributed by atoms with Gasteiger partial charge in [-0.05, 0) is 26.2 Å².